The van der Waals surface area contributed by atoms with Crippen LogP contribution in [0.3, 0.4) is 0 Å². The van der Waals surface area contributed by atoms with Crippen molar-refractivity contribution < 1.29 is 9.18 Å². The molecule has 5 heteroatoms. The molecule has 0 aliphatic rings. The third-order valence-electron chi connectivity index (χ3n) is 2.63. The fourth-order valence-corrected chi connectivity index (χ4v) is 2.18. The molecule has 0 aliphatic carbocycles. The number of nitrogens with one attached hydrogen (secondary N) is 1. The lowest BCUT2D eigenvalue weighted by atomic mass is 10.1. The van der Waals surface area contributed by atoms with E-state index in [0.717, 1.165) is 0 Å². The highest BCUT2D eigenvalue weighted by Gasteiger charge is 2.12. The number of aryl methyl sites for hydroxylation is 1. The predicted molar refractivity (Wildman–Crippen MR) is 78.2 cm³/mol. The van der Waals surface area contributed by atoms with Crippen molar-refractivity contribution in [2.24, 2.45) is 0 Å². The molecule has 19 heavy (non-hydrogen) atoms. The molecule has 2 aromatic carbocycles. The number of amides is 1. The van der Waals surface area contributed by atoms with Gasteiger partial charge in [-0.25, -0.2) is 4.39 Å². The van der Waals surface area contributed by atoms with Crippen molar-refractivity contribution in [2.45, 2.75) is 6.92 Å². The van der Waals surface area contributed by atoms with Gasteiger partial charge in [-0.1, -0.05) is 23.7 Å². The summed E-state index contributed by atoms with van der Waals surface area (Å²) in [5, 5.41) is 3.09. The molecular formula is C14H10BrClFNO. The molecule has 2 aromatic rings. The lowest BCUT2D eigenvalue weighted by Crippen LogP contribution is -2.13. The van der Waals surface area contributed by atoms with Crippen molar-refractivity contribution in [3.8, 4) is 0 Å². The van der Waals surface area contributed by atoms with Gasteiger partial charge in [0.15, 0.2) is 0 Å². The van der Waals surface area contributed by atoms with Crippen LogP contribution in [0.4, 0.5) is 10.1 Å². The first-order valence-corrected chi connectivity index (χ1v) is 6.67. The van der Waals surface area contributed by atoms with Crippen molar-refractivity contribution in [3.63, 3.8) is 0 Å². The second-order valence-corrected chi connectivity index (χ2v) is 5.28. The molecule has 1 amide bonds. The minimum Gasteiger partial charge on any atom is -0.322 e. The van der Waals surface area contributed by atoms with Crippen molar-refractivity contribution >= 4 is 39.1 Å². The molecule has 0 aliphatic heterocycles. The Morgan fingerprint density at radius 2 is 2.00 bits per heavy atom. The van der Waals surface area contributed by atoms with Gasteiger partial charge in [-0.15, -0.1) is 0 Å². The average Bonchev–Trinajstić information content (AvgIpc) is 2.36. The lowest BCUT2D eigenvalue weighted by molar-refractivity contribution is 0.102. The number of carbonyl (C=O) groups is 1. The summed E-state index contributed by atoms with van der Waals surface area (Å²) in [7, 11) is 0. The maximum Gasteiger partial charge on any atom is 0.257 e. The van der Waals surface area contributed by atoms with Crippen molar-refractivity contribution in [2.75, 3.05) is 5.32 Å². The zero-order chi connectivity index (χ0) is 14.0. The molecule has 0 spiro atoms. The van der Waals surface area contributed by atoms with E-state index in [0.29, 0.717) is 26.3 Å². The predicted octanol–water partition coefficient (Wildman–Crippen LogP) is 4.80. The third kappa shape index (κ3) is 3.14. The van der Waals surface area contributed by atoms with E-state index in [1.165, 1.54) is 12.1 Å². The molecule has 0 radical (unpaired) electrons. The average molecular weight is 343 g/mol. The number of carbonyl (C=O) groups excluding carboxylic acids is 1. The van der Waals surface area contributed by atoms with Gasteiger partial charge in [-0.05, 0) is 52.7 Å². The molecule has 0 saturated heterocycles. The molecular weight excluding hydrogens is 333 g/mol. The summed E-state index contributed by atoms with van der Waals surface area (Å²) in [6.45, 7) is 1.72. The summed E-state index contributed by atoms with van der Waals surface area (Å²) in [6, 6.07) is 9.63. The molecule has 0 heterocycles. The number of anilines is 1. The number of hydrogen-bond donors (Lipinski definition) is 1. The molecule has 98 valence electrons. The Labute approximate surface area is 123 Å². The summed E-state index contributed by atoms with van der Waals surface area (Å²) in [4.78, 5) is 12.1. The smallest absolute Gasteiger partial charge is 0.257 e. The highest BCUT2D eigenvalue weighted by molar-refractivity contribution is 9.10. The van der Waals surface area contributed by atoms with Gasteiger partial charge in [0.2, 0.25) is 0 Å². The maximum absolute atomic E-state index is 13.3. The van der Waals surface area contributed by atoms with Gasteiger partial charge in [-0.2, -0.15) is 0 Å². The lowest BCUT2D eigenvalue weighted by Gasteiger charge is -2.10. The van der Waals surface area contributed by atoms with Crippen LogP contribution >= 0.6 is 27.5 Å². The molecule has 2 rings (SSSR count). The Bertz CT molecular complexity index is 645. The summed E-state index contributed by atoms with van der Waals surface area (Å²) < 4.78 is 13.6. The van der Waals surface area contributed by atoms with E-state index in [9.17, 15) is 9.18 Å². The van der Waals surface area contributed by atoms with Gasteiger partial charge in [0.25, 0.3) is 5.91 Å². The molecule has 0 fully saturated rings. The van der Waals surface area contributed by atoms with Gasteiger partial charge in [0.1, 0.15) is 5.82 Å². The number of benzene rings is 2. The highest BCUT2D eigenvalue weighted by atomic mass is 79.9. The van der Waals surface area contributed by atoms with Gasteiger partial charge >= 0.3 is 0 Å². The summed E-state index contributed by atoms with van der Waals surface area (Å²) in [6.07, 6.45) is 0. The number of halogens is 3. The van der Waals surface area contributed by atoms with E-state index in [-0.39, 0.29) is 11.7 Å². The van der Waals surface area contributed by atoms with E-state index in [2.05, 4.69) is 21.2 Å². The van der Waals surface area contributed by atoms with Crippen LogP contribution in [-0.2, 0) is 0 Å². The van der Waals surface area contributed by atoms with E-state index in [4.69, 9.17) is 11.6 Å². The van der Waals surface area contributed by atoms with Gasteiger partial charge < -0.3 is 5.32 Å². The van der Waals surface area contributed by atoms with E-state index in [1.54, 1.807) is 31.2 Å². The quantitative estimate of drug-likeness (QED) is 0.834. The largest absolute Gasteiger partial charge is 0.322 e. The zero-order valence-corrected chi connectivity index (χ0v) is 12.3. The van der Waals surface area contributed by atoms with Crippen molar-refractivity contribution in [1.82, 2.24) is 0 Å². The topological polar surface area (TPSA) is 29.1 Å². The molecule has 0 unspecified atom stereocenters. The van der Waals surface area contributed by atoms with E-state index in [1.807, 2.05) is 0 Å². The Balaban J connectivity index is 2.30. The molecule has 0 atom stereocenters. The normalized spacial score (nSPS) is 10.3. The van der Waals surface area contributed by atoms with Crippen LogP contribution in [-0.4, -0.2) is 5.91 Å². The van der Waals surface area contributed by atoms with Crippen LogP contribution in [0.15, 0.2) is 40.9 Å². The Morgan fingerprint density at radius 1 is 1.32 bits per heavy atom. The first-order chi connectivity index (χ1) is 8.99. The highest BCUT2D eigenvalue weighted by Crippen LogP contribution is 2.25. The second-order valence-electron chi connectivity index (χ2n) is 4.02. The standard InChI is InChI=1S/C14H10BrClFNO/c1-8-6-12(17)10(15)7-13(8)18-14(19)9-4-2-3-5-11(9)16/h2-7H,1H3,(H,18,19). The summed E-state index contributed by atoms with van der Waals surface area (Å²) in [5.74, 6) is -0.694. The molecule has 0 saturated carbocycles. The zero-order valence-electron chi connectivity index (χ0n) is 10.0. The van der Waals surface area contributed by atoms with Gasteiger partial charge in [-0.3, -0.25) is 4.79 Å². The van der Waals surface area contributed by atoms with Crippen LogP contribution in [0.1, 0.15) is 15.9 Å². The molecule has 0 aromatic heterocycles. The van der Waals surface area contributed by atoms with Crippen LogP contribution in [0.5, 0.6) is 0 Å². The van der Waals surface area contributed by atoms with Crippen molar-refractivity contribution in [1.29, 1.82) is 0 Å². The minimum absolute atomic E-state index is 0.299. The summed E-state index contributed by atoms with van der Waals surface area (Å²) in [5.41, 5.74) is 1.56. The molecule has 1 N–H and O–H groups in total. The monoisotopic (exact) mass is 341 g/mol. The number of hydrogen-bond acceptors (Lipinski definition) is 1. The second kappa shape index (κ2) is 5.72. The van der Waals surface area contributed by atoms with E-state index >= 15 is 0 Å². The first kappa shape index (κ1) is 14.0. The Kier molecular flexibility index (Phi) is 4.22. The summed E-state index contributed by atoms with van der Waals surface area (Å²) >= 11 is 9.04. The molecule has 0 bridgehead atoms. The minimum atomic E-state index is -0.367. The first-order valence-electron chi connectivity index (χ1n) is 5.50. The third-order valence-corrected chi connectivity index (χ3v) is 3.57. The Hall–Kier alpha value is -1.39. The number of rotatable bonds is 2. The van der Waals surface area contributed by atoms with E-state index < -0.39 is 0 Å². The fraction of sp³-hybridized carbons (Fsp3) is 0.0714. The maximum atomic E-state index is 13.3. The SMILES string of the molecule is Cc1cc(F)c(Br)cc1NC(=O)c1ccccc1Cl. The van der Waals surface area contributed by atoms with Crippen LogP contribution < -0.4 is 5.32 Å². The van der Waals surface area contributed by atoms with Crippen molar-refractivity contribution in [3.05, 3.63) is 62.8 Å². The fourth-order valence-electron chi connectivity index (χ4n) is 1.62. The van der Waals surface area contributed by atoms with Crippen LogP contribution in [0, 0.1) is 12.7 Å². The van der Waals surface area contributed by atoms with Gasteiger partial charge in [0.05, 0.1) is 15.1 Å². The molecule has 2 nitrogen and oxygen atoms in total. The van der Waals surface area contributed by atoms with Crippen LogP contribution in [0.2, 0.25) is 5.02 Å². The van der Waals surface area contributed by atoms with Crippen LogP contribution in [0.25, 0.3) is 0 Å². The Morgan fingerprint density at radius 3 is 2.68 bits per heavy atom. The van der Waals surface area contributed by atoms with Gasteiger partial charge in [0, 0.05) is 5.69 Å².